The molecule has 0 saturated carbocycles. The van der Waals surface area contributed by atoms with E-state index in [2.05, 4.69) is 4.98 Å². The van der Waals surface area contributed by atoms with Crippen LogP contribution in [0.2, 0.25) is 0 Å². The summed E-state index contributed by atoms with van der Waals surface area (Å²) in [4.78, 5) is 16.4. The van der Waals surface area contributed by atoms with Crippen LogP contribution < -0.4 is 11.3 Å². The van der Waals surface area contributed by atoms with E-state index >= 15 is 0 Å². The second-order valence-corrected chi connectivity index (χ2v) is 7.61. The highest BCUT2D eigenvalue weighted by atomic mass is 32.2. The first-order chi connectivity index (χ1) is 9.31. The van der Waals surface area contributed by atoms with Crippen molar-refractivity contribution >= 4 is 26.4 Å². The Morgan fingerprint density at radius 3 is 2.70 bits per heavy atom. The van der Waals surface area contributed by atoms with E-state index in [1.54, 1.807) is 32.0 Å². The number of nitrogen functional groups attached to an aromatic ring is 1. The molecule has 0 unspecified atom stereocenters. The maximum atomic E-state index is 12.2. The van der Waals surface area contributed by atoms with Crippen LogP contribution >= 0.6 is 0 Å². The van der Waals surface area contributed by atoms with Crippen LogP contribution in [0, 0.1) is 0 Å². The monoisotopic (exact) mass is 295 g/mol. The fourth-order valence-electron chi connectivity index (χ4n) is 1.80. The van der Waals surface area contributed by atoms with Gasteiger partial charge in [-0.3, -0.25) is 9.36 Å². The van der Waals surface area contributed by atoms with Gasteiger partial charge in [0, 0.05) is 12.2 Å². The second kappa shape index (κ2) is 5.24. The zero-order valence-corrected chi connectivity index (χ0v) is 12.2. The maximum absolute atomic E-state index is 12.2. The molecule has 0 fully saturated rings. The predicted molar refractivity (Wildman–Crippen MR) is 79.3 cm³/mol. The van der Waals surface area contributed by atoms with Crippen LogP contribution in [0.25, 0.3) is 10.9 Å². The molecule has 20 heavy (non-hydrogen) atoms. The maximum Gasteiger partial charge on any atom is 0.261 e. The first-order valence-electron chi connectivity index (χ1n) is 6.27. The number of rotatable bonds is 4. The summed E-state index contributed by atoms with van der Waals surface area (Å²) in [6, 6.07) is 4.89. The molecular formula is C13H17N3O3S. The van der Waals surface area contributed by atoms with Gasteiger partial charge in [-0.25, -0.2) is 13.4 Å². The first kappa shape index (κ1) is 14.5. The molecule has 0 spiro atoms. The summed E-state index contributed by atoms with van der Waals surface area (Å²) < 4.78 is 24.9. The van der Waals surface area contributed by atoms with E-state index < -0.39 is 15.1 Å². The van der Waals surface area contributed by atoms with Crippen molar-refractivity contribution in [1.82, 2.24) is 9.55 Å². The van der Waals surface area contributed by atoms with Crippen molar-refractivity contribution in [3.05, 3.63) is 34.9 Å². The SMILES string of the molecule is CC(C)S(=O)(=O)CCn1cnc2ccc(N)cc2c1=O. The van der Waals surface area contributed by atoms with Crippen LogP contribution in [0.15, 0.2) is 29.3 Å². The summed E-state index contributed by atoms with van der Waals surface area (Å²) in [5.74, 6) is -0.0833. The topological polar surface area (TPSA) is 95.1 Å². The molecule has 1 aromatic heterocycles. The minimum Gasteiger partial charge on any atom is -0.399 e. The quantitative estimate of drug-likeness (QED) is 0.842. The average Bonchev–Trinajstić information content (AvgIpc) is 2.38. The summed E-state index contributed by atoms with van der Waals surface area (Å²) in [6.45, 7) is 3.34. The molecule has 0 aliphatic heterocycles. The van der Waals surface area contributed by atoms with Crippen LogP contribution in [0.4, 0.5) is 5.69 Å². The molecule has 1 heterocycles. The number of nitrogens with two attached hydrogens (primary N) is 1. The van der Waals surface area contributed by atoms with E-state index in [0.717, 1.165) is 0 Å². The molecule has 2 rings (SSSR count). The highest BCUT2D eigenvalue weighted by Crippen LogP contribution is 2.11. The van der Waals surface area contributed by atoms with Gasteiger partial charge in [0.1, 0.15) is 0 Å². The third-order valence-electron chi connectivity index (χ3n) is 3.18. The lowest BCUT2D eigenvalue weighted by Gasteiger charge is -2.09. The number of anilines is 1. The van der Waals surface area contributed by atoms with E-state index in [0.29, 0.717) is 16.6 Å². The zero-order chi connectivity index (χ0) is 14.9. The second-order valence-electron chi connectivity index (χ2n) is 4.94. The van der Waals surface area contributed by atoms with E-state index in [1.165, 1.54) is 10.9 Å². The van der Waals surface area contributed by atoms with Gasteiger partial charge in [-0.2, -0.15) is 0 Å². The number of hydrogen-bond acceptors (Lipinski definition) is 5. The van der Waals surface area contributed by atoms with E-state index in [1.807, 2.05) is 0 Å². The van der Waals surface area contributed by atoms with Gasteiger partial charge in [0.15, 0.2) is 9.84 Å². The lowest BCUT2D eigenvalue weighted by molar-refractivity contribution is 0.578. The number of benzene rings is 1. The standard InChI is InChI=1S/C13H17N3O3S/c1-9(2)20(18,19)6-5-16-8-15-12-4-3-10(14)7-11(12)13(16)17/h3-4,7-9H,5-6,14H2,1-2H3. The van der Waals surface area contributed by atoms with E-state index in [9.17, 15) is 13.2 Å². The predicted octanol–water partition coefficient (Wildman–Crippen LogP) is 0.802. The van der Waals surface area contributed by atoms with Crippen molar-refractivity contribution in [2.45, 2.75) is 25.6 Å². The molecule has 7 heteroatoms. The largest absolute Gasteiger partial charge is 0.399 e. The van der Waals surface area contributed by atoms with Crippen LogP contribution in [0.3, 0.4) is 0 Å². The van der Waals surface area contributed by atoms with Gasteiger partial charge in [-0.15, -0.1) is 0 Å². The van der Waals surface area contributed by atoms with Crippen molar-refractivity contribution in [2.24, 2.45) is 0 Å². The molecule has 1 aromatic carbocycles. The third-order valence-corrected chi connectivity index (χ3v) is 5.37. The molecule has 0 bridgehead atoms. The lowest BCUT2D eigenvalue weighted by Crippen LogP contribution is -2.27. The van der Waals surface area contributed by atoms with Gasteiger partial charge in [0.2, 0.25) is 0 Å². The van der Waals surface area contributed by atoms with Gasteiger partial charge in [0.25, 0.3) is 5.56 Å². The number of aromatic nitrogens is 2. The molecule has 0 aliphatic rings. The molecule has 6 nitrogen and oxygen atoms in total. The van der Waals surface area contributed by atoms with Crippen LogP contribution in [0.5, 0.6) is 0 Å². The van der Waals surface area contributed by atoms with E-state index in [4.69, 9.17) is 5.73 Å². The lowest BCUT2D eigenvalue weighted by atomic mass is 10.2. The van der Waals surface area contributed by atoms with Gasteiger partial charge < -0.3 is 5.73 Å². The minimum atomic E-state index is -3.19. The molecule has 2 aromatic rings. The molecule has 0 amide bonds. The Morgan fingerprint density at radius 2 is 2.05 bits per heavy atom. The molecule has 0 aliphatic carbocycles. The molecule has 0 radical (unpaired) electrons. The number of hydrogen-bond donors (Lipinski definition) is 1. The average molecular weight is 295 g/mol. The zero-order valence-electron chi connectivity index (χ0n) is 11.4. The smallest absolute Gasteiger partial charge is 0.261 e. The Kier molecular flexibility index (Phi) is 3.80. The molecule has 108 valence electrons. The minimum absolute atomic E-state index is 0.0833. The highest BCUT2D eigenvalue weighted by molar-refractivity contribution is 7.91. The van der Waals surface area contributed by atoms with Gasteiger partial charge >= 0.3 is 0 Å². The Balaban J connectivity index is 2.37. The van der Waals surface area contributed by atoms with Crippen molar-refractivity contribution in [1.29, 1.82) is 0 Å². The Morgan fingerprint density at radius 1 is 1.35 bits per heavy atom. The summed E-state index contributed by atoms with van der Waals surface area (Å²) in [6.07, 6.45) is 1.37. The summed E-state index contributed by atoms with van der Waals surface area (Å²) >= 11 is 0. The number of sulfone groups is 1. The van der Waals surface area contributed by atoms with Gasteiger partial charge in [-0.05, 0) is 32.0 Å². The summed E-state index contributed by atoms with van der Waals surface area (Å²) in [5, 5.41) is -0.0586. The fraction of sp³-hybridized carbons (Fsp3) is 0.385. The van der Waals surface area contributed by atoms with Crippen molar-refractivity contribution in [3.8, 4) is 0 Å². The summed E-state index contributed by atoms with van der Waals surface area (Å²) in [5.41, 5.74) is 6.40. The Labute approximate surface area is 117 Å². The number of fused-ring (bicyclic) bond motifs is 1. The van der Waals surface area contributed by atoms with Crippen LogP contribution in [-0.2, 0) is 16.4 Å². The van der Waals surface area contributed by atoms with Gasteiger partial charge in [-0.1, -0.05) is 0 Å². The number of nitrogens with zero attached hydrogens (tertiary/aromatic N) is 2. The molecule has 2 N–H and O–H groups in total. The fourth-order valence-corrected chi connectivity index (χ4v) is 2.72. The Hall–Kier alpha value is -1.89. The molecule has 0 atom stereocenters. The Bertz CT molecular complexity index is 794. The number of aryl methyl sites for hydroxylation is 1. The third kappa shape index (κ3) is 2.82. The van der Waals surface area contributed by atoms with Crippen molar-refractivity contribution in [2.75, 3.05) is 11.5 Å². The summed E-state index contributed by atoms with van der Waals surface area (Å²) in [7, 11) is -3.19. The highest BCUT2D eigenvalue weighted by Gasteiger charge is 2.16. The van der Waals surface area contributed by atoms with Gasteiger partial charge in [0.05, 0.1) is 28.2 Å². The van der Waals surface area contributed by atoms with Crippen LogP contribution in [0.1, 0.15) is 13.8 Å². The first-order valence-corrected chi connectivity index (χ1v) is 7.99. The molecular weight excluding hydrogens is 278 g/mol. The van der Waals surface area contributed by atoms with Crippen molar-refractivity contribution in [3.63, 3.8) is 0 Å². The normalized spacial score (nSPS) is 12.2. The van der Waals surface area contributed by atoms with Crippen LogP contribution in [-0.4, -0.2) is 29.0 Å². The van der Waals surface area contributed by atoms with Crippen molar-refractivity contribution < 1.29 is 8.42 Å². The molecule has 0 saturated heterocycles. The van der Waals surface area contributed by atoms with E-state index in [-0.39, 0.29) is 17.9 Å².